The molecule has 0 radical (unpaired) electrons. The summed E-state index contributed by atoms with van der Waals surface area (Å²) in [5, 5.41) is 7.37. The molecule has 8 aromatic rings. The highest BCUT2D eigenvalue weighted by Crippen LogP contribution is 2.34. The van der Waals surface area contributed by atoms with Crippen molar-refractivity contribution in [2.75, 3.05) is 17.4 Å². The van der Waals surface area contributed by atoms with Gasteiger partial charge in [0.15, 0.2) is 0 Å². The molecule has 2 saturated carbocycles. The maximum absolute atomic E-state index is 13.9. The van der Waals surface area contributed by atoms with Crippen LogP contribution in [0, 0.1) is 13.8 Å². The Bertz CT molecular complexity index is 3720. The van der Waals surface area contributed by atoms with E-state index in [9.17, 15) is 36.0 Å². The van der Waals surface area contributed by atoms with Crippen LogP contribution in [0.5, 0.6) is 11.5 Å². The van der Waals surface area contributed by atoms with Gasteiger partial charge in [-0.05, 0) is 171 Å². The highest BCUT2D eigenvalue weighted by molar-refractivity contribution is 7.90. The Labute approximate surface area is 469 Å². The number of amides is 4. The van der Waals surface area contributed by atoms with Gasteiger partial charge < -0.3 is 28.1 Å². The number of anilines is 2. The zero-order valence-electron chi connectivity index (χ0n) is 45.2. The molecule has 0 bridgehead atoms. The largest absolute Gasteiger partial charge is 0.457 e. The Balaban J connectivity index is 0.969. The molecular formula is C61H62N6O12S2. The molecule has 20 heteroatoms. The second kappa shape index (κ2) is 23.6. The summed E-state index contributed by atoms with van der Waals surface area (Å²) in [6.45, 7) is 2.74. The molecule has 2 aliphatic rings. The molecular weight excluding hydrogens is 1070 g/mol. The number of carbonyl (C=O) groups is 4. The Morgan fingerprint density at radius 2 is 0.901 bits per heavy atom. The number of fused-ring (bicyclic) bond motifs is 2. The van der Waals surface area contributed by atoms with Crippen LogP contribution in [0.15, 0.2) is 144 Å². The first-order valence-corrected chi connectivity index (χ1v) is 29.7. The van der Waals surface area contributed by atoms with Crippen LogP contribution in [0.1, 0.15) is 105 Å². The summed E-state index contributed by atoms with van der Waals surface area (Å²) in [7, 11) is -4.81. The lowest BCUT2D eigenvalue weighted by Gasteiger charge is -2.17. The van der Waals surface area contributed by atoms with Crippen molar-refractivity contribution in [1.29, 1.82) is 0 Å². The first-order chi connectivity index (χ1) is 38.9. The number of carbonyl (C=O) groups excluding carboxylic acids is 4. The number of hydrogen-bond donors (Lipinski definition) is 4. The summed E-state index contributed by atoms with van der Waals surface area (Å²) in [6.07, 6.45) is 10.4. The van der Waals surface area contributed by atoms with Crippen molar-refractivity contribution in [3.05, 3.63) is 178 Å². The van der Waals surface area contributed by atoms with Crippen LogP contribution in [0.2, 0.25) is 0 Å². The second-order valence-electron chi connectivity index (χ2n) is 20.7. The van der Waals surface area contributed by atoms with Gasteiger partial charge in [-0.25, -0.2) is 35.9 Å². The molecule has 0 atom stereocenters. The SMILES string of the molecule is Cc1ccccc1S(=O)(=O)NC(=O)c1ccc(Cc2cn(C)c3ccc(NC(=O)OC4CCCC4)cc23)c(OCOc2cc(C(=O)NS(=O)(=O)c3ccccc3C)ccc2Cc2cn(C)c3ccc(NC(=O)OC4CCCC4)cc23)c1. The molecule has 10 rings (SSSR count). The molecule has 2 heterocycles. The number of rotatable bonds is 18. The number of sulfonamides is 2. The van der Waals surface area contributed by atoms with Crippen LogP contribution in [0.3, 0.4) is 0 Å². The van der Waals surface area contributed by atoms with Crippen LogP contribution in [-0.4, -0.2) is 69.0 Å². The molecule has 18 nitrogen and oxygen atoms in total. The maximum Gasteiger partial charge on any atom is 0.411 e. The van der Waals surface area contributed by atoms with Gasteiger partial charge in [0, 0.05) is 83.6 Å². The fraction of sp³-hybridized carbons (Fsp3) is 0.279. The molecule has 2 fully saturated rings. The molecule has 81 heavy (non-hydrogen) atoms. The normalized spacial score (nSPS) is 14.0. The summed E-state index contributed by atoms with van der Waals surface area (Å²) < 4.78 is 86.7. The van der Waals surface area contributed by atoms with E-state index in [1.807, 2.05) is 59.9 Å². The Morgan fingerprint density at radius 1 is 0.506 bits per heavy atom. The van der Waals surface area contributed by atoms with Crippen molar-refractivity contribution in [3.63, 3.8) is 0 Å². The van der Waals surface area contributed by atoms with Gasteiger partial charge in [0.1, 0.15) is 23.7 Å². The smallest absolute Gasteiger partial charge is 0.411 e. The van der Waals surface area contributed by atoms with Crippen molar-refractivity contribution < 1.29 is 55.0 Å². The summed E-state index contributed by atoms with van der Waals surface area (Å²) >= 11 is 0. The van der Waals surface area contributed by atoms with Crippen molar-refractivity contribution in [1.82, 2.24) is 18.6 Å². The van der Waals surface area contributed by atoms with Gasteiger partial charge in [-0.2, -0.15) is 0 Å². The molecule has 0 saturated heterocycles. The van der Waals surface area contributed by atoms with Gasteiger partial charge >= 0.3 is 12.2 Å². The van der Waals surface area contributed by atoms with Crippen LogP contribution in [0.25, 0.3) is 21.8 Å². The standard InChI is InChI=1S/C61H62N6O12S2/c1-38-13-5-11-19-56(38)80(72,73)64-58(68)42-23-21-40(29-44-35-66(3)52-27-25-46(33-50(44)52)62-60(70)78-48-15-7-8-16-48)54(31-42)76-37-77-55-32-43(59(69)65-81(74,75)57-20-12-6-14-39(57)2)24-22-41(55)30-45-36-67(4)53-28-26-47(34-51(45)53)63-61(71)79-49-17-9-10-18-49/h5-6,11-14,19-28,31-36,48-49H,7-10,15-18,29-30,37H2,1-4H3,(H,62,70)(H,63,71)(H,64,68)(H,65,69). The van der Waals surface area contributed by atoms with E-state index in [0.29, 0.717) is 33.6 Å². The molecule has 2 aliphatic carbocycles. The fourth-order valence-electron chi connectivity index (χ4n) is 10.7. The molecule has 6 aromatic carbocycles. The monoisotopic (exact) mass is 1130 g/mol. The highest BCUT2D eigenvalue weighted by atomic mass is 32.2. The van der Waals surface area contributed by atoms with Gasteiger partial charge in [-0.3, -0.25) is 20.2 Å². The quantitative estimate of drug-likeness (QED) is 0.0588. The Morgan fingerprint density at radius 3 is 1.30 bits per heavy atom. The van der Waals surface area contributed by atoms with Gasteiger partial charge in [-0.1, -0.05) is 48.5 Å². The molecule has 4 N–H and O–H groups in total. The van der Waals surface area contributed by atoms with Gasteiger partial charge in [0.25, 0.3) is 31.9 Å². The summed E-state index contributed by atoms with van der Waals surface area (Å²) in [5.74, 6) is -1.52. The summed E-state index contributed by atoms with van der Waals surface area (Å²) in [4.78, 5) is 53.6. The minimum Gasteiger partial charge on any atom is -0.457 e. The number of nitrogens with zero attached hydrogens (tertiary/aromatic N) is 2. The maximum atomic E-state index is 13.9. The van der Waals surface area contributed by atoms with Gasteiger partial charge in [0.05, 0.1) is 9.79 Å². The number of aryl methyl sites for hydroxylation is 4. The van der Waals surface area contributed by atoms with Crippen LogP contribution >= 0.6 is 0 Å². The Hall–Kier alpha value is -8.62. The molecule has 4 amide bonds. The number of nitrogens with one attached hydrogen (secondary N) is 4. The van der Waals surface area contributed by atoms with Crippen molar-refractivity contribution in [2.24, 2.45) is 14.1 Å². The van der Waals surface area contributed by atoms with Gasteiger partial charge in [-0.15, -0.1) is 0 Å². The predicted octanol–water partition coefficient (Wildman–Crippen LogP) is 11.1. The number of hydrogen-bond acceptors (Lipinski definition) is 12. The van der Waals surface area contributed by atoms with Crippen LogP contribution in [0.4, 0.5) is 21.0 Å². The molecule has 2 aromatic heterocycles. The Kier molecular flexibility index (Phi) is 16.2. The van der Waals surface area contributed by atoms with E-state index in [4.69, 9.17) is 18.9 Å². The predicted molar refractivity (Wildman–Crippen MR) is 307 cm³/mol. The topological polar surface area (TPSA) is 231 Å². The lowest BCUT2D eigenvalue weighted by molar-refractivity contribution is 0.0972. The molecule has 0 spiro atoms. The molecule has 420 valence electrons. The van der Waals surface area contributed by atoms with Crippen molar-refractivity contribution >= 4 is 77.2 Å². The third kappa shape index (κ3) is 12.9. The lowest BCUT2D eigenvalue weighted by atomic mass is 10.0. The summed E-state index contributed by atoms with van der Waals surface area (Å²) in [5.41, 5.74) is 6.41. The third-order valence-corrected chi connectivity index (χ3v) is 17.8. The summed E-state index contributed by atoms with van der Waals surface area (Å²) in [6, 6.07) is 32.9. The average molecular weight is 1140 g/mol. The van der Waals surface area contributed by atoms with Gasteiger partial charge in [0.2, 0.25) is 6.79 Å². The first kappa shape index (κ1) is 55.7. The van der Waals surface area contributed by atoms with E-state index in [0.717, 1.165) is 84.3 Å². The van der Waals surface area contributed by atoms with Crippen LogP contribution in [-0.2, 0) is 56.5 Å². The highest BCUT2D eigenvalue weighted by Gasteiger charge is 2.26. The number of aromatic nitrogens is 2. The van der Waals surface area contributed by atoms with E-state index in [1.54, 1.807) is 74.5 Å². The third-order valence-electron chi connectivity index (χ3n) is 14.9. The molecule has 0 aliphatic heterocycles. The zero-order valence-corrected chi connectivity index (χ0v) is 46.9. The fourth-order valence-corrected chi connectivity index (χ4v) is 13.1. The number of ether oxygens (including phenoxy) is 4. The zero-order chi connectivity index (χ0) is 57.0. The minimum atomic E-state index is -4.30. The van der Waals surface area contributed by atoms with Crippen molar-refractivity contribution in [2.45, 2.75) is 100 Å². The minimum absolute atomic E-state index is 0.0399. The second-order valence-corrected chi connectivity index (χ2v) is 24.0. The first-order valence-electron chi connectivity index (χ1n) is 26.8. The van der Waals surface area contributed by atoms with E-state index >= 15 is 0 Å². The lowest BCUT2D eigenvalue weighted by Crippen LogP contribution is -2.31. The van der Waals surface area contributed by atoms with E-state index in [-0.39, 0.29) is 57.5 Å². The van der Waals surface area contributed by atoms with Crippen molar-refractivity contribution in [3.8, 4) is 11.5 Å². The van der Waals surface area contributed by atoms with E-state index < -0.39 is 50.8 Å². The molecule has 0 unspecified atom stereocenters. The van der Waals surface area contributed by atoms with E-state index in [1.165, 1.54) is 36.4 Å². The van der Waals surface area contributed by atoms with Crippen LogP contribution < -0.4 is 29.6 Å². The van der Waals surface area contributed by atoms with E-state index in [2.05, 4.69) is 20.1 Å². The average Bonchev–Trinajstić information content (AvgIpc) is 4.43. The number of benzene rings is 6.